The van der Waals surface area contributed by atoms with Gasteiger partial charge in [0.1, 0.15) is 11.4 Å². The van der Waals surface area contributed by atoms with Crippen molar-refractivity contribution in [2.24, 2.45) is 0 Å². The van der Waals surface area contributed by atoms with Crippen LogP contribution in [0.15, 0.2) is 23.1 Å². The van der Waals surface area contributed by atoms with E-state index in [9.17, 15) is 14.7 Å². The van der Waals surface area contributed by atoms with Crippen LogP contribution >= 0.6 is 0 Å². The van der Waals surface area contributed by atoms with Crippen LogP contribution in [0.25, 0.3) is 17.0 Å². The van der Waals surface area contributed by atoms with Crippen LogP contribution in [0.1, 0.15) is 54.6 Å². The van der Waals surface area contributed by atoms with E-state index in [0.29, 0.717) is 36.2 Å². The minimum Gasteiger partial charge on any atom is -0.462 e. The number of carbonyl (C=O) groups excluding carboxylic acids is 1. The molecule has 2 aliphatic heterocycles. The summed E-state index contributed by atoms with van der Waals surface area (Å²) in [6.45, 7) is 2.22. The fraction of sp³-hybridized carbons (Fsp3) is 0.455. The molecule has 3 aliphatic rings. The van der Waals surface area contributed by atoms with E-state index < -0.39 is 23.3 Å². The minimum absolute atomic E-state index is 0.0364. The van der Waals surface area contributed by atoms with E-state index in [2.05, 4.69) is 0 Å². The molecule has 2 fully saturated rings. The Bertz CT molecular complexity index is 1100. The largest absolute Gasteiger partial charge is 0.462 e. The monoisotopic (exact) mass is 398 g/mol. The van der Waals surface area contributed by atoms with Crippen molar-refractivity contribution >= 4 is 28.6 Å². The van der Waals surface area contributed by atoms with Gasteiger partial charge >= 0.3 is 5.97 Å². The average Bonchev–Trinajstić information content (AvgIpc) is 3.47. The van der Waals surface area contributed by atoms with Gasteiger partial charge in [-0.25, -0.2) is 9.18 Å². The van der Waals surface area contributed by atoms with E-state index in [1.807, 2.05) is 21.6 Å². The average molecular weight is 398 g/mol. The van der Waals surface area contributed by atoms with Crippen molar-refractivity contribution in [1.82, 2.24) is 4.57 Å². The summed E-state index contributed by atoms with van der Waals surface area (Å²) in [5.74, 6) is -1.18. The number of esters is 1. The Morgan fingerprint density at radius 2 is 2.14 bits per heavy atom. The molecular formula is C22H23FN2O4. The number of carbonyl (C=O) groups is 1. The van der Waals surface area contributed by atoms with Crippen LogP contribution in [0.2, 0.25) is 0 Å². The van der Waals surface area contributed by atoms with Gasteiger partial charge in [-0.1, -0.05) is 12.2 Å². The Hall–Kier alpha value is -2.67. The molecule has 152 valence electrons. The zero-order chi connectivity index (χ0) is 20.3. The van der Waals surface area contributed by atoms with Gasteiger partial charge in [-0.15, -0.1) is 0 Å². The number of fused-ring (bicyclic) bond motifs is 5. The normalized spacial score (nSPS) is 23.1. The van der Waals surface area contributed by atoms with E-state index in [1.54, 1.807) is 13.1 Å². The highest BCUT2D eigenvalue weighted by Crippen LogP contribution is 2.43. The van der Waals surface area contributed by atoms with E-state index in [-0.39, 0.29) is 29.6 Å². The number of aromatic nitrogens is 1. The Morgan fingerprint density at radius 1 is 1.34 bits per heavy atom. The quantitative estimate of drug-likeness (QED) is 0.805. The smallest absolute Gasteiger partial charge is 0.343 e. The highest BCUT2D eigenvalue weighted by atomic mass is 19.1. The molecule has 29 heavy (non-hydrogen) atoms. The van der Waals surface area contributed by atoms with Crippen LogP contribution in [0, 0.1) is 5.82 Å². The lowest BCUT2D eigenvalue weighted by molar-refractivity contribution is 0.0524. The SMILES string of the molecule is CCOC(=O)c1cn(C2CC2)c2c3c(c(F)cc2c1=O)N1C[C@@H](O)C[C@H]1CC=C3. The second kappa shape index (κ2) is 6.69. The second-order valence-electron chi connectivity index (χ2n) is 8.08. The van der Waals surface area contributed by atoms with Crippen LogP contribution in [-0.4, -0.2) is 40.9 Å². The molecular weight excluding hydrogens is 375 g/mol. The number of hydrogen-bond acceptors (Lipinski definition) is 5. The van der Waals surface area contributed by atoms with Crippen LogP contribution in [0.3, 0.4) is 0 Å². The van der Waals surface area contributed by atoms with Gasteiger partial charge in [0.05, 0.1) is 29.3 Å². The fourth-order valence-electron chi connectivity index (χ4n) is 4.68. The summed E-state index contributed by atoms with van der Waals surface area (Å²) >= 11 is 0. The minimum atomic E-state index is -0.678. The van der Waals surface area contributed by atoms with Crippen LogP contribution < -0.4 is 10.3 Å². The zero-order valence-electron chi connectivity index (χ0n) is 16.2. The molecule has 1 saturated heterocycles. The highest BCUT2D eigenvalue weighted by Gasteiger charge is 2.36. The summed E-state index contributed by atoms with van der Waals surface area (Å²) in [4.78, 5) is 27.4. The number of ether oxygens (including phenoxy) is 1. The number of benzene rings is 1. The molecule has 1 aromatic heterocycles. The number of aliphatic hydroxyl groups excluding tert-OH is 1. The Labute approximate surface area is 167 Å². The number of nitrogens with zero attached hydrogens (tertiary/aromatic N) is 2. The number of anilines is 1. The summed E-state index contributed by atoms with van der Waals surface area (Å²) < 4.78 is 22.3. The predicted octanol–water partition coefficient (Wildman–Crippen LogP) is 3.01. The number of aliphatic hydroxyl groups is 1. The van der Waals surface area contributed by atoms with Crippen molar-refractivity contribution in [1.29, 1.82) is 0 Å². The van der Waals surface area contributed by atoms with Crippen LogP contribution in [0.4, 0.5) is 10.1 Å². The van der Waals surface area contributed by atoms with Crippen molar-refractivity contribution in [3.8, 4) is 0 Å². The molecule has 0 amide bonds. The van der Waals surface area contributed by atoms with Crippen molar-refractivity contribution < 1.29 is 19.0 Å². The third kappa shape index (κ3) is 2.87. The standard InChI is InChI=1S/C22H23FN2O4/c1-2-29-22(28)17-11-25(12-6-7-12)19-15-5-3-4-13-8-14(26)10-24(13)20(15)18(23)9-16(19)21(17)27/h3,5,9,11-14,26H,2,4,6-8,10H2,1H3/t13-,14+/m1/s1. The molecule has 0 spiro atoms. The van der Waals surface area contributed by atoms with Gasteiger partial charge in [-0.3, -0.25) is 4.79 Å². The lowest BCUT2D eigenvalue weighted by atomic mass is 10.0. The highest BCUT2D eigenvalue weighted by molar-refractivity contribution is 5.99. The van der Waals surface area contributed by atoms with Crippen molar-refractivity contribution in [3.05, 3.63) is 45.5 Å². The zero-order valence-corrected chi connectivity index (χ0v) is 16.2. The first kappa shape index (κ1) is 18.4. The molecule has 7 heteroatoms. The van der Waals surface area contributed by atoms with Gasteiger partial charge in [-0.2, -0.15) is 0 Å². The first-order valence-corrected chi connectivity index (χ1v) is 10.2. The number of halogens is 1. The van der Waals surface area contributed by atoms with E-state index in [1.165, 1.54) is 6.07 Å². The molecule has 1 aliphatic carbocycles. The first-order chi connectivity index (χ1) is 14.0. The lowest BCUT2D eigenvalue weighted by Gasteiger charge is -2.27. The molecule has 2 aromatic rings. The fourth-order valence-corrected chi connectivity index (χ4v) is 4.68. The maximum absolute atomic E-state index is 15.3. The number of hydrogen-bond donors (Lipinski definition) is 1. The predicted molar refractivity (Wildman–Crippen MR) is 108 cm³/mol. The molecule has 3 heterocycles. The molecule has 6 nitrogen and oxygen atoms in total. The van der Waals surface area contributed by atoms with Gasteiger partial charge in [0.15, 0.2) is 0 Å². The molecule has 1 saturated carbocycles. The molecule has 2 atom stereocenters. The second-order valence-corrected chi connectivity index (χ2v) is 8.08. The number of rotatable bonds is 3. The first-order valence-electron chi connectivity index (χ1n) is 10.2. The lowest BCUT2D eigenvalue weighted by Crippen LogP contribution is -2.30. The van der Waals surface area contributed by atoms with Crippen molar-refractivity contribution in [2.75, 3.05) is 18.1 Å². The molecule has 1 N–H and O–H groups in total. The van der Waals surface area contributed by atoms with E-state index in [0.717, 1.165) is 12.8 Å². The molecule has 0 radical (unpaired) electrons. The van der Waals surface area contributed by atoms with Gasteiger partial charge in [0, 0.05) is 30.4 Å². The van der Waals surface area contributed by atoms with Gasteiger partial charge in [-0.05, 0) is 38.7 Å². The van der Waals surface area contributed by atoms with Crippen molar-refractivity contribution in [2.45, 2.75) is 50.8 Å². The van der Waals surface area contributed by atoms with Gasteiger partial charge in [0.25, 0.3) is 0 Å². The molecule has 0 bridgehead atoms. The summed E-state index contributed by atoms with van der Waals surface area (Å²) in [6.07, 6.45) is 8.15. The maximum atomic E-state index is 15.3. The Kier molecular flexibility index (Phi) is 4.24. The van der Waals surface area contributed by atoms with E-state index in [4.69, 9.17) is 4.74 Å². The third-order valence-corrected chi connectivity index (χ3v) is 6.09. The molecule has 0 unspecified atom stereocenters. The third-order valence-electron chi connectivity index (χ3n) is 6.09. The summed E-state index contributed by atoms with van der Waals surface area (Å²) in [7, 11) is 0. The van der Waals surface area contributed by atoms with Gasteiger partial charge < -0.3 is 19.3 Å². The molecule has 5 rings (SSSR count). The Balaban J connectivity index is 1.82. The van der Waals surface area contributed by atoms with Gasteiger partial charge in [0.2, 0.25) is 5.43 Å². The van der Waals surface area contributed by atoms with Crippen LogP contribution in [-0.2, 0) is 4.74 Å². The summed E-state index contributed by atoms with van der Waals surface area (Å²) in [5.41, 5.74) is 1.17. The van der Waals surface area contributed by atoms with Crippen molar-refractivity contribution in [3.63, 3.8) is 0 Å². The Morgan fingerprint density at radius 3 is 2.86 bits per heavy atom. The summed E-state index contributed by atoms with van der Waals surface area (Å²) in [5, 5.41) is 10.3. The topological polar surface area (TPSA) is 71.8 Å². The van der Waals surface area contributed by atoms with Crippen LogP contribution in [0.5, 0.6) is 0 Å². The number of pyridine rings is 1. The maximum Gasteiger partial charge on any atom is 0.343 e. The van der Waals surface area contributed by atoms with E-state index >= 15 is 4.39 Å². The molecule has 1 aromatic carbocycles. The summed E-state index contributed by atoms with van der Waals surface area (Å²) in [6, 6.07) is 1.46.